The highest BCUT2D eigenvalue weighted by Gasteiger charge is 2.17. The van der Waals surface area contributed by atoms with Crippen LogP contribution in [0.15, 0.2) is 15.0 Å². The highest BCUT2D eigenvalue weighted by molar-refractivity contribution is 9.11. The summed E-state index contributed by atoms with van der Waals surface area (Å²) in [4.78, 5) is 23.0. The Kier molecular flexibility index (Phi) is 5.81. The molecule has 1 amide bonds. The van der Waals surface area contributed by atoms with E-state index < -0.39 is 0 Å². The van der Waals surface area contributed by atoms with E-state index in [-0.39, 0.29) is 11.5 Å². The molecule has 0 saturated carbocycles. The van der Waals surface area contributed by atoms with Crippen molar-refractivity contribution in [2.24, 2.45) is 0 Å². The lowest BCUT2D eigenvalue weighted by molar-refractivity contribution is 0.0947. The van der Waals surface area contributed by atoms with Crippen molar-refractivity contribution in [2.45, 2.75) is 19.8 Å². The Morgan fingerprint density at radius 2 is 2.17 bits per heavy atom. The summed E-state index contributed by atoms with van der Waals surface area (Å²) in [6, 6.07) is 1.56. The van der Waals surface area contributed by atoms with Gasteiger partial charge in [0.2, 0.25) is 0 Å². The fourth-order valence-corrected chi connectivity index (χ4v) is 2.64. The predicted molar refractivity (Wildman–Crippen MR) is 78.9 cm³/mol. The van der Waals surface area contributed by atoms with Crippen molar-refractivity contribution in [1.29, 1.82) is 0 Å². The summed E-state index contributed by atoms with van der Waals surface area (Å²) in [5.41, 5.74) is 6.75. The number of carbonyl (C=O) groups excluding carboxylic acids is 2. The highest BCUT2D eigenvalue weighted by Crippen LogP contribution is 2.33. The smallest absolute Gasteiger partial charge is 0.252 e. The van der Waals surface area contributed by atoms with Gasteiger partial charge >= 0.3 is 0 Å². The van der Waals surface area contributed by atoms with Crippen LogP contribution in [0.25, 0.3) is 0 Å². The molecule has 18 heavy (non-hydrogen) atoms. The fraction of sp³-hybridized carbons (Fsp3) is 0.333. The van der Waals surface area contributed by atoms with E-state index >= 15 is 0 Å². The van der Waals surface area contributed by atoms with Crippen LogP contribution in [0.2, 0.25) is 0 Å². The summed E-state index contributed by atoms with van der Waals surface area (Å²) in [6.07, 6.45) is 2.52. The van der Waals surface area contributed by atoms with Crippen LogP contribution < -0.4 is 11.1 Å². The molecule has 0 aliphatic rings. The summed E-state index contributed by atoms with van der Waals surface area (Å²) in [5.74, 6) is -0.271. The van der Waals surface area contributed by atoms with Crippen molar-refractivity contribution in [3.05, 3.63) is 26.1 Å². The van der Waals surface area contributed by atoms with Crippen molar-refractivity contribution in [3.63, 3.8) is 0 Å². The molecular weight excluding hydrogens is 364 g/mol. The van der Waals surface area contributed by atoms with Gasteiger partial charge < -0.3 is 11.1 Å². The van der Waals surface area contributed by atoms with E-state index in [1.54, 1.807) is 6.07 Å². The second kappa shape index (κ2) is 6.89. The molecule has 0 aliphatic heterocycles. The molecule has 0 radical (unpaired) electrons. The number of halogens is 2. The molecule has 1 aromatic carbocycles. The number of nitrogens with two attached hydrogens (primary N) is 1. The Hall–Kier alpha value is -0.880. The lowest BCUT2D eigenvalue weighted by Gasteiger charge is -2.11. The van der Waals surface area contributed by atoms with Crippen molar-refractivity contribution >= 4 is 49.7 Å². The zero-order valence-corrected chi connectivity index (χ0v) is 13.1. The number of unbranched alkanes of at least 4 members (excludes halogenated alkanes) is 1. The number of rotatable bonds is 5. The molecule has 0 saturated heterocycles. The molecule has 1 rings (SSSR count). The van der Waals surface area contributed by atoms with Crippen molar-refractivity contribution in [1.82, 2.24) is 5.32 Å². The third-order valence-electron chi connectivity index (χ3n) is 2.47. The first-order chi connectivity index (χ1) is 8.52. The van der Waals surface area contributed by atoms with E-state index in [0.717, 1.165) is 12.8 Å². The Labute approximate surface area is 123 Å². The fourth-order valence-electron chi connectivity index (χ4n) is 1.43. The summed E-state index contributed by atoms with van der Waals surface area (Å²) < 4.78 is 1.02. The van der Waals surface area contributed by atoms with Gasteiger partial charge in [-0.25, -0.2) is 0 Å². The number of hydrogen-bond donors (Lipinski definition) is 2. The number of hydrogen-bond acceptors (Lipinski definition) is 3. The molecule has 3 N–H and O–H groups in total. The summed E-state index contributed by atoms with van der Waals surface area (Å²) in [5, 5.41) is 2.77. The van der Waals surface area contributed by atoms with Crippen LogP contribution in [0.4, 0.5) is 5.69 Å². The van der Waals surface area contributed by atoms with Crippen LogP contribution in [0.1, 0.15) is 40.5 Å². The van der Waals surface area contributed by atoms with Gasteiger partial charge in [-0.1, -0.05) is 13.3 Å². The van der Waals surface area contributed by atoms with Crippen LogP contribution in [-0.2, 0) is 0 Å². The third kappa shape index (κ3) is 3.32. The average molecular weight is 378 g/mol. The van der Waals surface area contributed by atoms with Gasteiger partial charge in [-0.05, 0) is 44.3 Å². The second-order valence-corrected chi connectivity index (χ2v) is 5.42. The van der Waals surface area contributed by atoms with E-state index in [0.29, 0.717) is 33.0 Å². The maximum absolute atomic E-state index is 12.0. The molecule has 0 atom stereocenters. The van der Waals surface area contributed by atoms with Crippen molar-refractivity contribution < 1.29 is 9.59 Å². The normalized spacial score (nSPS) is 10.2. The standard InChI is InChI=1S/C12H14Br2N2O2/c1-2-3-4-16-12(18)7-5-9(13)11(15)10(14)8(7)6-17/h5-6H,2-4,15H2,1H3,(H,16,18). The Morgan fingerprint density at radius 1 is 1.50 bits per heavy atom. The number of carbonyl (C=O) groups is 2. The maximum atomic E-state index is 12.0. The van der Waals surface area contributed by atoms with Gasteiger partial charge in [-0.15, -0.1) is 0 Å². The van der Waals surface area contributed by atoms with Crippen LogP contribution in [0.3, 0.4) is 0 Å². The van der Waals surface area contributed by atoms with Gasteiger partial charge in [0.15, 0.2) is 6.29 Å². The SMILES string of the molecule is CCCCNC(=O)c1cc(Br)c(N)c(Br)c1C=O. The van der Waals surface area contributed by atoms with Crippen molar-refractivity contribution in [2.75, 3.05) is 12.3 Å². The maximum Gasteiger partial charge on any atom is 0.252 e. The molecule has 98 valence electrons. The summed E-state index contributed by atoms with van der Waals surface area (Å²) in [6.45, 7) is 2.63. The topological polar surface area (TPSA) is 72.2 Å². The monoisotopic (exact) mass is 376 g/mol. The molecule has 0 fully saturated rings. The minimum atomic E-state index is -0.271. The largest absolute Gasteiger partial charge is 0.397 e. The number of anilines is 1. The Bertz CT molecular complexity index is 476. The number of nitrogens with one attached hydrogen (secondary N) is 1. The van der Waals surface area contributed by atoms with Gasteiger partial charge in [-0.2, -0.15) is 0 Å². The molecule has 0 unspecified atom stereocenters. The van der Waals surface area contributed by atoms with E-state index in [4.69, 9.17) is 5.73 Å². The first kappa shape index (κ1) is 15.2. The molecule has 0 heterocycles. The molecular formula is C12H14Br2N2O2. The van der Waals surface area contributed by atoms with E-state index in [1.165, 1.54) is 0 Å². The average Bonchev–Trinajstić information content (AvgIpc) is 2.35. The Morgan fingerprint density at radius 3 is 2.72 bits per heavy atom. The number of amides is 1. The first-order valence-corrected chi connectivity index (χ1v) is 7.12. The molecule has 4 nitrogen and oxygen atoms in total. The summed E-state index contributed by atoms with van der Waals surface area (Å²) >= 11 is 6.49. The third-order valence-corrected chi connectivity index (χ3v) is 3.98. The zero-order chi connectivity index (χ0) is 13.7. The predicted octanol–water partition coefficient (Wildman–Crippen LogP) is 3.14. The second-order valence-electron chi connectivity index (χ2n) is 3.77. The lowest BCUT2D eigenvalue weighted by Crippen LogP contribution is -2.25. The minimum absolute atomic E-state index is 0.268. The quantitative estimate of drug-likeness (QED) is 0.470. The zero-order valence-electron chi connectivity index (χ0n) is 9.93. The minimum Gasteiger partial charge on any atom is -0.397 e. The van der Waals surface area contributed by atoms with Crippen LogP contribution in [0, 0.1) is 0 Å². The van der Waals surface area contributed by atoms with E-state index in [2.05, 4.69) is 37.2 Å². The highest BCUT2D eigenvalue weighted by atomic mass is 79.9. The first-order valence-electron chi connectivity index (χ1n) is 5.53. The Balaban J connectivity index is 3.08. The van der Waals surface area contributed by atoms with Gasteiger partial charge in [0.05, 0.1) is 15.7 Å². The molecule has 0 bridgehead atoms. The number of aldehydes is 1. The molecule has 6 heteroatoms. The molecule has 0 aromatic heterocycles. The van der Waals surface area contributed by atoms with Gasteiger partial charge in [0.25, 0.3) is 5.91 Å². The van der Waals surface area contributed by atoms with Crippen LogP contribution in [0.5, 0.6) is 0 Å². The molecule has 0 aliphatic carbocycles. The molecule has 0 spiro atoms. The number of benzene rings is 1. The van der Waals surface area contributed by atoms with Gasteiger partial charge in [-0.3, -0.25) is 9.59 Å². The van der Waals surface area contributed by atoms with Gasteiger partial charge in [0.1, 0.15) is 0 Å². The van der Waals surface area contributed by atoms with Crippen LogP contribution in [-0.4, -0.2) is 18.7 Å². The van der Waals surface area contributed by atoms with Crippen LogP contribution >= 0.6 is 31.9 Å². The van der Waals surface area contributed by atoms with E-state index in [9.17, 15) is 9.59 Å². The lowest BCUT2D eigenvalue weighted by atomic mass is 10.1. The van der Waals surface area contributed by atoms with E-state index in [1.807, 2.05) is 6.92 Å². The number of nitrogen functional groups attached to an aromatic ring is 1. The van der Waals surface area contributed by atoms with Gasteiger partial charge in [0, 0.05) is 16.6 Å². The molecule has 1 aromatic rings. The summed E-state index contributed by atoms with van der Waals surface area (Å²) in [7, 11) is 0. The van der Waals surface area contributed by atoms with Crippen molar-refractivity contribution in [3.8, 4) is 0 Å².